The van der Waals surface area contributed by atoms with E-state index >= 15 is 0 Å². The number of benzene rings is 1. The first-order chi connectivity index (χ1) is 8.01. The second-order valence-corrected chi connectivity index (χ2v) is 3.44. The highest BCUT2D eigenvalue weighted by Crippen LogP contribution is 2.34. The molecule has 0 aliphatic heterocycles. The molecule has 92 valence electrons. The van der Waals surface area contributed by atoms with Crippen molar-refractivity contribution in [2.45, 2.75) is 25.7 Å². The normalized spacial score (nSPS) is 11.0. The Hall–Kier alpha value is -1.70. The second kappa shape index (κ2) is 5.58. The summed E-state index contributed by atoms with van der Waals surface area (Å²) in [6.45, 7) is 1.94. The highest BCUT2D eigenvalue weighted by Gasteiger charge is 2.31. The molecule has 5 heteroatoms. The maximum Gasteiger partial charge on any atom is 0.274 e. The molecule has 0 aromatic heterocycles. The maximum atomic E-state index is 13.5. The van der Waals surface area contributed by atoms with Crippen LogP contribution in [0.5, 0.6) is 5.75 Å². The van der Waals surface area contributed by atoms with Gasteiger partial charge in [0.25, 0.3) is 5.92 Å². The SMILES string of the molecule is CCOc1ccc(C(F)(F)CCC#N)cc1F. The molecule has 0 heterocycles. The Bertz CT molecular complexity index is 426. The Morgan fingerprint density at radius 1 is 1.41 bits per heavy atom. The van der Waals surface area contributed by atoms with Crippen LogP contribution in [0.3, 0.4) is 0 Å². The molecule has 0 radical (unpaired) electrons. The summed E-state index contributed by atoms with van der Waals surface area (Å²) in [4.78, 5) is 0. The molecule has 1 aromatic rings. The van der Waals surface area contributed by atoms with Gasteiger partial charge in [-0.1, -0.05) is 0 Å². The fourth-order valence-electron chi connectivity index (χ4n) is 1.36. The van der Waals surface area contributed by atoms with Gasteiger partial charge in [-0.05, 0) is 25.1 Å². The van der Waals surface area contributed by atoms with Crippen molar-refractivity contribution in [2.24, 2.45) is 0 Å². The summed E-state index contributed by atoms with van der Waals surface area (Å²) in [6.07, 6.45) is -0.890. The summed E-state index contributed by atoms with van der Waals surface area (Å²) in [7, 11) is 0. The third-order valence-corrected chi connectivity index (χ3v) is 2.20. The highest BCUT2D eigenvalue weighted by molar-refractivity contribution is 5.31. The van der Waals surface area contributed by atoms with Gasteiger partial charge in [0.1, 0.15) is 0 Å². The minimum Gasteiger partial charge on any atom is -0.491 e. The number of hydrogen-bond acceptors (Lipinski definition) is 2. The first kappa shape index (κ1) is 13.4. The topological polar surface area (TPSA) is 33.0 Å². The van der Waals surface area contributed by atoms with Crippen molar-refractivity contribution >= 4 is 0 Å². The van der Waals surface area contributed by atoms with Crippen LogP contribution in [0.4, 0.5) is 13.2 Å². The van der Waals surface area contributed by atoms with E-state index in [1.165, 1.54) is 6.07 Å². The maximum absolute atomic E-state index is 13.5. The standard InChI is InChI=1S/C12H12F3NO/c1-2-17-11-5-4-9(8-10(11)13)12(14,15)6-3-7-16/h4-5,8H,2-3,6H2,1H3. The van der Waals surface area contributed by atoms with E-state index in [0.29, 0.717) is 0 Å². The first-order valence-corrected chi connectivity index (χ1v) is 5.19. The van der Waals surface area contributed by atoms with Crippen LogP contribution < -0.4 is 4.74 Å². The van der Waals surface area contributed by atoms with Gasteiger partial charge in [-0.15, -0.1) is 0 Å². The molecule has 0 saturated heterocycles. The fraction of sp³-hybridized carbons (Fsp3) is 0.417. The lowest BCUT2D eigenvalue weighted by Gasteiger charge is -2.16. The van der Waals surface area contributed by atoms with Gasteiger partial charge in [0.15, 0.2) is 11.6 Å². The molecule has 1 rings (SSSR count). The Morgan fingerprint density at radius 2 is 2.12 bits per heavy atom. The molecule has 0 aliphatic rings. The molecule has 0 N–H and O–H groups in total. The quantitative estimate of drug-likeness (QED) is 0.791. The minimum absolute atomic E-state index is 0.0488. The smallest absolute Gasteiger partial charge is 0.274 e. The molecule has 2 nitrogen and oxygen atoms in total. The van der Waals surface area contributed by atoms with Gasteiger partial charge >= 0.3 is 0 Å². The predicted molar refractivity (Wildman–Crippen MR) is 56.3 cm³/mol. The monoisotopic (exact) mass is 243 g/mol. The zero-order valence-corrected chi connectivity index (χ0v) is 9.34. The Balaban J connectivity index is 2.92. The van der Waals surface area contributed by atoms with Crippen molar-refractivity contribution in [1.29, 1.82) is 5.26 Å². The van der Waals surface area contributed by atoms with Crippen molar-refractivity contribution < 1.29 is 17.9 Å². The third kappa shape index (κ3) is 3.38. The van der Waals surface area contributed by atoms with E-state index < -0.39 is 23.7 Å². The molecule has 17 heavy (non-hydrogen) atoms. The lowest BCUT2D eigenvalue weighted by molar-refractivity contribution is -0.0123. The average molecular weight is 243 g/mol. The number of ether oxygens (including phenoxy) is 1. The largest absolute Gasteiger partial charge is 0.491 e. The zero-order chi connectivity index (χ0) is 12.9. The summed E-state index contributed by atoms with van der Waals surface area (Å²) in [6, 6.07) is 4.69. The zero-order valence-electron chi connectivity index (χ0n) is 9.34. The molecule has 0 atom stereocenters. The van der Waals surface area contributed by atoms with Gasteiger partial charge in [-0.2, -0.15) is 5.26 Å². The number of hydrogen-bond donors (Lipinski definition) is 0. The number of nitrogens with zero attached hydrogens (tertiary/aromatic N) is 1. The van der Waals surface area contributed by atoms with E-state index in [4.69, 9.17) is 10.00 Å². The molecule has 0 bridgehead atoms. The van der Waals surface area contributed by atoms with Gasteiger partial charge in [-0.3, -0.25) is 0 Å². The lowest BCUT2D eigenvalue weighted by atomic mass is 10.0. The molecule has 0 aliphatic carbocycles. The van der Waals surface area contributed by atoms with Crippen molar-refractivity contribution in [3.63, 3.8) is 0 Å². The van der Waals surface area contributed by atoms with Crippen LogP contribution in [0.15, 0.2) is 18.2 Å². The molecule has 0 spiro atoms. The third-order valence-electron chi connectivity index (χ3n) is 2.20. The number of alkyl halides is 2. The van der Waals surface area contributed by atoms with Gasteiger partial charge in [0.05, 0.1) is 12.7 Å². The van der Waals surface area contributed by atoms with Crippen molar-refractivity contribution in [3.05, 3.63) is 29.6 Å². The first-order valence-electron chi connectivity index (χ1n) is 5.19. The van der Waals surface area contributed by atoms with Crippen molar-refractivity contribution in [3.8, 4) is 11.8 Å². The van der Waals surface area contributed by atoms with Crippen molar-refractivity contribution in [2.75, 3.05) is 6.61 Å². The molecule has 0 saturated carbocycles. The van der Waals surface area contributed by atoms with E-state index in [0.717, 1.165) is 12.1 Å². The molecule has 0 fully saturated rings. The molecule has 0 unspecified atom stereocenters. The summed E-state index contributed by atoms with van der Waals surface area (Å²) in [5, 5.41) is 8.27. The van der Waals surface area contributed by atoms with Gasteiger partial charge in [-0.25, -0.2) is 13.2 Å². The minimum atomic E-state index is -3.19. The Morgan fingerprint density at radius 3 is 2.65 bits per heavy atom. The number of nitriles is 1. The van der Waals surface area contributed by atoms with E-state index in [1.54, 1.807) is 13.0 Å². The van der Waals surface area contributed by atoms with Crippen LogP contribution in [0.1, 0.15) is 25.3 Å². The lowest BCUT2D eigenvalue weighted by Crippen LogP contribution is -2.13. The molecular formula is C12H12F3NO. The van der Waals surface area contributed by atoms with Crippen LogP contribution in [-0.2, 0) is 5.92 Å². The van der Waals surface area contributed by atoms with E-state index in [9.17, 15) is 13.2 Å². The highest BCUT2D eigenvalue weighted by atomic mass is 19.3. The second-order valence-electron chi connectivity index (χ2n) is 3.44. The fourth-order valence-corrected chi connectivity index (χ4v) is 1.36. The predicted octanol–water partition coefficient (Wildman–Crippen LogP) is 3.62. The Kier molecular flexibility index (Phi) is 4.38. The summed E-state index contributed by atoms with van der Waals surface area (Å²) in [5.41, 5.74) is -0.436. The number of halogens is 3. The van der Waals surface area contributed by atoms with Gasteiger partial charge < -0.3 is 4.74 Å². The Labute approximate surface area is 97.6 Å². The molecule has 1 aromatic carbocycles. The van der Waals surface area contributed by atoms with Gasteiger partial charge in [0, 0.05) is 18.4 Å². The van der Waals surface area contributed by atoms with Crippen LogP contribution in [0, 0.1) is 17.1 Å². The van der Waals surface area contributed by atoms with E-state index in [2.05, 4.69) is 0 Å². The van der Waals surface area contributed by atoms with Crippen LogP contribution >= 0.6 is 0 Å². The van der Waals surface area contributed by atoms with Gasteiger partial charge in [0.2, 0.25) is 0 Å². The van der Waals surface area contributed by atoms with Crippen LogP contribution in [-0.4, -0.2) is 6.61 Å². The summed E-state index contributed by atoms with van der Waals surface area (Å²) >= 11 is 0. The summed E-state index contributed by atoms with van der Waals surface area (Å²) < 4.78 is 45.2. The van der Waals surface area contributed by atoms with E-state index in [1.807, 2.05) is 0 Å². The molecular weight excluding hydrogens is 231 g/mol. The average Bonchev–Trinajstić information content (AvgIpc) is 2.29. The summed E-state index contributed by atoms with van der Waals surface area (Å²) in [5.74, 6) is -4.06. The molecule has 0 amide bonds. The van der Waals surface area contributed by atoms with Crippen LogP contribution in [0.2, 0.25) is 0 Å². The van der Waals surface area contributed by atoms with E-state index in [-0.39, 0.29) is 18.8 Å². The number of rotatable bonds is 5. The van der Waals surface area contributed by atoms with Crippen molar-refractivity contribution in [1.82, 2.24) is 0 Å². The van der Waals surface area contributed by atoms with Crippen LogP contribution in [0.25, 0.3) is 0 Å².